The fraction of sp³-hybridized carbons (Fsp3) is 0.529. The van der Waals surface area contributed by atoms with Crippen LogP contribution in [-0.4, -0.2) is 42.1 Å². The molecule has 1 aromatic rings. The van der Waals surface area contributed by atoms with Gasteiger partial charge in [-0.05, 0) is 49.9 Å². The molecule has 0 aliphatic rings. The van der Waals surface area contributed by atoms with Gasteiger partial charge in [0.15, 0.2) is 0 Å². The zero-order chi connectivity index (χ0) is 16.5. The summed E-state index contributed by atoms with van der Waals surface area (Å²) < 4.78 is 5.64. The van der Waals surface area contributed by atoms with Crippen molar-refractivity contribution in [2.45, 2.75) is 39.5 Å². The molecule has 22 heavy (non-hydrogen) atoms. The van der Waals surface area contributed by atoms with Crippen molar-refractivity contribution in [1.29, 1.82) is 0 Å². The highest BCUT2D eigenvalue weighted by molar-refractivity contribution is 5.75. The molecular formula is C17H25NO4. The molecule has 0 saturated carbocycles. The molecule has 1 amide bonds. The number of hydrogen-bond acceptors (Lipinski definition) is 3. The van der Waals surface area contributed by atoms with Gasteiger partial charge in [-0.2, -0.15) is 0 Å². The van der Waals surface area contributed by atoms with E-state index in [1.165, 1.54) is 11.1 Å². The van der Waals surface area contributed by atoms with Gasteiger partial charge >= 0.3 is 5.97 Å². The lowest BCUT2D eigenvalue weighted by Gasteiger charge is -2.16. The molecule has 0 atom stereocenters. The third-order valence-electron chi connectivity index (χ3n) is 3.59. The largest absolute Gasteiger partial charge is 0.494 e. The molecule has 0 aliphatic carbocycles. The van der Waals surface area contributed by atoms with Crippen LogP contribution in [-0.2, 0) is 9.59 Å². The predicted molar refractivity (Wildman–Crippen MR) is 85.2 cm³/mol. The predicted octanol–water partition coefficient (Wildman–Crippen LogP) is 2.79. The third-order valence-corrected chi connectivity index (χ3v) is 3.59. The fourth-order valence-electron chi connectivity index (χ4n) is 2.00. The van der Waals surface area contributed by atoms with E-state index < -0.39 is 5.97 Å². The molecule has 0 fully saturated rings. The Labute approximate surface area is 131 Å². The van der Waals surface area contributed by atoms with Crippen LogP contribution in [0.2, 0.25) is 0 Å². The molecule has 1 N–H and O–H groups in total. The van der Waals surface area contributed by atoms with Gasteiger partial charge < -0.3 is 14.7 Å². The Morgan fingerprint density at radius 2 is 1.86 bits per heavy atom. The number of amides is 1. The Bertz CT molecular complexity index is 513. The van der Waals surface area contributed by atoms with Crippen molar-refractivity contribution >= 4 is 11.9 Å². The Morgan fingerprint density at radius 3 is 2.50 bits per heavy atom. The molecule has 0 saturated heterocycles. The van der Waals surface area contributed by atoms with Crippen molar-refractivity contribution in [3.63, 3.8) is 0 Å². The lowest BCUT2D eigenvalue weighted by molar-refractivity contribution is -0.138. The van der Waals surface area contributed by atoms with Crippen molar-refractivity contribution in [3.8, 4) is 5.75 Å². The molecule has 5 heteroatoms. The van der Waals surface area contributed by atoms with E-state index in [2.05, 4.69) is 6.92 Å². The van der Waals surface area contributed by atoms with Gasteiger partial charge in [0.1, 0.15) is 5.75 Å². The van der Waals surface area contributed by atoms with Crippen molar-refractivity contribution in [2.24, 2.45) is 0 Å². The van der Waals surface area contributed by atoms with E-state index in [0.29, 0.717) is 32.4 Å². The van der Waals surface area contributed by atoms with E-state index >= 15 is 0 Å². The number of carboxylic acids is 1. The summed E-state index contributed by atoms with van der Waals surface area (Å²) in [6, 6.07) is 5.95. The second kappa shape index (κ2) is 9.07. The second-order valence-corrected chi connectivity index (χ2v) is 5.51. The van der Waals surface area contributed by atoms with Gasteiger partial charge in [0.25, 0.3) is 0 Å². The summed E-state index contributed by atoms with van der Waals surface area (Å²) in [7, 11) is 1.70. The van der Waals surface area contributed by atoms with Crippen molar-refractivity contribution in [2.75, 3.05) is 20.2 Å². The van der Waals surface area contributed by atoms with E-state index in [9.17, 15) is 9.59 Å². The van der Waals surface area contributed by atoms with Gasteiger partial charge in [-0.25, -0.2) is 0 Å². The molecule has 0 spiro atoms. The molecule has 5 nitrogen and oxygen atoms in total. The molecule has 0 heterocycles. The van der Waals surface area contributed by atoms with Crippen LogP contribution < -0.4 is 4.74 Å². The Morgan fingerprint density at radius 1 is 1.14 bits per heavy atom. The highest BCUT2D eigenvalue weighted by atomic mass is 16.5. The van der Waals surface area contributed by atoms with E-state index in [0.717, 1.165) is 5.75 Å². The first-order valence-corrected chi connectivity index (χ1v) is 7.56. The molecule has 122 valence electrons. The topological polar surface area (TPSA) is 66.8 Å². The molecule has 1 rings (SSSR count). The summed E-state index contributed by atoms with van der Waals surface area (Å²) >= 11 is 0. The average molecular weight is 307 g/mol. The van der Waals surface area contributed by atoms with Crippen LogP contribution in [0.15, 0.2) is 18.2 Å². The molecule has 0 aromatic heterocycles. The number of carbonyl (C=O) groups is 2. The van der Waals surface area contributed by atoms with Gasteiger partial charge in [-0.3, -0.25) is 9.59 Å². The average Bonchev–Trinajstić information content (AvgIpc) is 2.46. The molecule has 0 bridgehead atoms. The number of hydrogen-bond donors (Lipinski definition) is 1. The number of aliphatic carboxylic acids is 1. The highest BCUT2D eigenvalue weighted by Gasteiger charge is 2.09. The van der Waals surface area contributed by atoms with Gasteiger partial charge in [-0.15, -0.1) is 0 Å². The van der Waals surface area contributed by atoms with E-state index in [1.807, 2.05) is 25.1 Å². The van der Waals surface area contributed by atoms with Gasteiger partial charge in [0.2, 0.25) is 5.91 Å². The minimum Gasteiger partial charge on any atom is -0.494 e. The SMILES string of the molecule is Cc1ccc(OCCCC(=O)N(C)CCCC(=O)O)cc1C. The van der Waals surface area contributed by atoms with Crippen molar-refractivity contribution in [1.82, 2.24) is 4.90 Å². The summed E-state index contributed by atoms with van der Waals surface area (Å²) in [6.07, 6.45) is 1.63. The van der Waals surface area contributed by atoms with Crippen LogP contribution in [0.4, 0.5) is 0 Å². The number of benzene rings is 1. The van der Waals surface area contributed by atoms with Crippen LogP contribution in [0.3, 0.4) is 0 Å². The second-order valence-electron chi connectivity index (χ2n) is 5.51. The summed E-state index contributed by atoms with van der Waals surface area (Å²) in [5.74, 6) is 0.0158. The van der Waals surface area contributed by atoms with Crippen molar-refractivity contribution in [3.05, 3.63) is 29.3 Å². The number of nitrogens with zero attached hydrogens (tertiary/aromatic N) is 1. The van der Waals surface area contributed by atoms with Gasteiger partial charge in [-0.1, -0.05) is 6.07 Å². The van der Waals surface area contributed by atoms with Crippen LogP contribution in [0.25, 0.3) is 0 Å². The maximum Gasteiger partial charge on any atom is 0.303 e. The first-order valence-electron chi connectivity index (χ1n) is 7.56. The molecule has 0 aliphatic heterocycles. The number of ether oxygens (including phenoxy) is 1. The fourth-order valence-corrected chi connectivity index (χ4v) is 2.00. The Balaban J connectivity index is 2.21. The first-order chi connectivity index (χ1) is 10.4. The summed E-state index contributed by atoms with van der Waals surface area (Å²) in [6.45, 7) is 5.07. The quantitative estimate of drug-likeness (QED) is 0.712. The number of aryl methyl sites for hydroxylation is 2. The van der Waals surface area contributed by atoms with E-state index in [4.69, 9.17) is 9.84 Å². The molecular weight excluding hydrogens is 282 g/mol. The Kier molecular flexibility index (Phi) is 7.43. The zero-order valence-electron chi connectivity index (χ0n) is 13.6. The lowest BCUT2D eigenvalue weighted by atomic mass is 10.1. The molecule has 0 unspecified atom stereocenters. The Hall–Kier alpha value is -2.04. The smallest absolute Gasteiger partial charge is 0.303 e. The third kappa shape index (κ3) is 6.61. The lowest BCUT2D eigenvalue weighted by Crippen LogP contribution is -2.28. The normalized spacial score (nSPS) is 10.3. The number of carboxylic acid groups (broad SMARTS) is 1. The standard InChI is InChI=1S/C17H25NO4/c1-13-8-9-15(12-14(13)2)22-11-5-6-16(19)18(3)10-4-7-17(20)21/h8-9,12H,4-7,10-11H2,1-3H3,(H,20,21). The minimum absolute atomic E-state index is 0.0223. The maximum atomic E-state index is 11.9. The van der Waals surface area contributed by atoms with Gasteiger partial charge in [0.05, 0.1) is 6.61 Å². The first kappa shape index (κ1) is 18.0. The van der Waals surface area contributed by atoms with Crippen LogP contribution in [0.1, 0.15) is 36.8 Å². The number of rotatable bonds is 9. The van der Waals surface area contributed by atoms with E-state index in [-0.39, 0.29) is 12.3 Å². The van der Waals surface area contributed by atoms with Crippen LogP contribution in [0.5, 0.6) is 5.75 Å². The summed E-state index contributed by atoms with van der Waals surface area (Å²) in [5, 5.41) is 8.56. The molecule has 1 aromatic carbocycles. The monoisotopic (exact) mass is 307 g/mol. The zero-order valence-corrected chi connectivity index (χ0v) is 13.6. The van der Waals surface area contributed by atoms with E-state index in [1.54, 1.807) is 11.9 Å². The maximum absolute atomic E-state index is 11.9. The number of carbonyl (C=O) groups excluding carboxylic acids is 1. The summed E-state index contributed by atoms with van der Waals surface area (Å²) in [5.41, 5.74) is 2.41. The highest BCUT2D eigenvalue weighted by Crippen LogP contribution is 2.16. The minimum atomic E-state index is -0.831. The van der Waals surface area contributed by atoms with Crippen LogP contribution >= 0.6 is 0 Å². The molecule has 0 radical (unpaired) electrons. The van der Waals surface area contributed by atoms with Crippen LogP contribution in [0, 0.1) is 13.8 Å². The summed E-state index contributed by atoms with van der Waals surface area (Å²) in [4.78, 5) is 23.9. The van der Waals surface area contributed by atoms with Crippen molar-refractivity contribution < 1.29 is 19.4 Å². The van der Waals surface area contributed by atoms with Gasteiger partial charge in [0, 0.05) is 26.4 Å².